The van der Waals surface area contributed by atoms with E-state index in [1.165, 1.54) is 55.6 Å². The largest absolute Gasteiger partial charge is 0.205 e. The van der Waals surface area contributed by atoms with E-state index in [0.29, 0.717) is 0 Å². The Hall–Kier alpha value is -0.500. The summed E-state index contributed by atoms with van der Waals surface area (Å²) < 4.78 is 2.30. The number of unbranched alkanes of at least 4 members (excludes halogenated alkanes) is 4. The predicted octanol–water partition coefficient (Wildman–Crippen LogP) is 4.38. The smallest absolute Gasteiger partial charge is 0.171 e. The predicted molar refractivity (Wildman–Crippen MR) is 82.1 cm³/mol. The molecule has 1 aromatic heterocycles. The molecule has 1 rings (SSSR count). The van der Waals surface area contributed by atoms with E-state index in [0.717, 1.165) is 6.54 Å². The van der Waals surface area contributed by atoms with Crippen molar-refractivity contribution in [3.8, 4) is 0 Å². The molecule has 18 heavy (non-hydrogen) atoms. The van der Waals surface area contributed by atoms with Crippen molar-refractivity contribution in [2.45, 2.75) is 58.9 Å². The fourth-order valence-corrected chi connectivity index (χ4v) is 3.00. The van der Waals surface area contributed by atoms with Crippen LogP contribution in [-0.4, -0.2) is 11.5 Å². The summed E-state index contributed by atoms with van der Waals surface area (Å²) in [5.74, 6) is 2.65. The van der Waals surface area contributed by atoms with Crippen LogP contribution >= 0.6 is 11.8 Å². The molecule has 0 amide bonds. The van der Waals surface area contributed by atoms with Crippen LogP contribution in [0.1, 0.15) is 51.0 Å². The maximum atomic E-state index is 2.30. The third-order valence-corrected chi connectivity index (χ3v) is 4.26. The van der Waals surface area contributed by atoms with Crippen LogP contribution in [0.4, 0.5) is 0 Å². The third-order valence-electron chi connectivity index (χ3n) is 3.10. The highest BCUT2D eigenvalue weighted by Gasteiger charge is 1.99. The van der Waals surface area contributed by atoms with E-state index < -0.39 is 0 Å². The first-order chi connectivity index (χ1) is 8.83. The Kier molecular flexibility index (Phi) is 9.01. The Balaban J connectivity index is 1.92. The molecule has 102 valence electrons. The van der Waals surface area contributed by atoms with Crippen LogP contribution in [0.5, 0.6) is 0 Å². The number of aromatic nitrogens is 1. The number of pyridine rings is 1. The van der Waals surface area contributed by atoms with Crippen molar-refractivity contribution in [2.24, 2.45) is 0 Å². The van der Waals surface area contributed by atoms with E-state index in [-0.39, 0.29) is 0 Å². The second kappa shape index (κ2) is 10.4. The Morgan fingerprint density at radius 2 is 1.83 bits per heavy atom. The van der Waals surface area contributed by atoms with E-state index in [4.69, 9.17) is 0 Å². The fourth-order valence-electron chi connectivity index (χ4n) is 2.05. The minimum absolute atomic E-state index is 1.16. The maximum Gasteiger partial charge on any atom is 0.171 e. The van der Waals surface area contributed by atoms with Crippen LogP contribution in [0.25, 0.3) is 0 Å². The minimum Gasteiger partial charge on any atom is -0.205 e. The summed E-state index contributed by atoms with van der Waals surface area (Å²) in [6, 6.07) is 4.29. The zero-order chi connectivity index (χ0) is 13.1. The molecule has 0 N–H and O–H groups in total. The van der Waals surface area contributed by atoms with Gasteiger partial charge in [0.1, 0.15) is 6.54 Å². The summed E-state index contributed by atoms with van der Waals surface area (Å²) in [6.07, 6.45) is 12.7. The summed E-state index contributed by atoms with van der Waals surface area (Å²) in [7, 11) is 0. The summed E-state index contributed by atoms with van der Waals surface area (Å²) in [5, 5.41) is 0. The standard InChI is InChI=1S/C16H28NS/c1-3-4-5-6-7-13-18-14-9-12-17-11-8-10-16(2)15-17/h8,10-11,15H,3-7,9,12-14H2,1-2H3/q+1. The highest BCUT2D eigenvalue weighted by Crippen LogP contribution is 2.09. The minimum atomic E-state index is 1.16. The number of aryl methyl sites for hydroxylation is 2. The second-order valence-electron chi connectivity index (χ2n) is 5.00. The monoisotopic (exact) mass is 266 g/mol. The van der Waals surface area contributed by atoms with Gasteiger partial charge in [0.25, 0.3) is 0 Å². The summed E-state index contributed by atoms with van der Waals surface area (Å²) in [6.45, 7) is 5.59. The van der Waals surface area contributed by atoms with Crippen LogP contribution in [0.15, 0.2) is 24.5 Å². The van der Waals surface area contributed by atoms with Gasteiger partial charge in [-0.15, -0.1) is 0 Å². The second-order valence-corrected chi connectivity index (χ2v) is 6.22. The molecule has 2 heteroatoms. The van der Waals surface area contributed by atoms with Crippen LogP contribution in [-0.2, 0) is 6.54 Å². The topological polar surface area (TPSA) is 3.88 Å². The van der Waals surface area contributed by atoms with Gasteiger partial charge < -0.3 is 0 Å². The van der Waals surface area contributed by atoms with Crippen molar-refractivity contribution in [1.29, 1.82) is 0 Å². The molecule has 1 heterocycles. The van der Waals surface area contributed by atoms with Gasteiger partial charge >= 0.3 is 0 Å². The Morgan fingerprint density at radius 1 is 1.06 bits per heavy atom. The molecule has 0 radical (unpaired) electrons. The van der Waals surface area contributed by atoms with E-state index in [9.17, 15) is 0 Å². The molecule has 0 aliphatic rings. The molecular weight excluding hydrogens is 238 g/mol. The Bertz CT molecular complexity index is 312. The number of rotatable bonds is 10. The van der Waals surface area contributed by atoms with Crippen LogP contribution in [0.2, 0.25) is 0 Å². The number of thioether (sulfide) groups is 1. The molecule has 1 nitrogen and oxygen atoms in total. The molecule has 0 aliphatic carbocycles. The van der Waals surface area contributed by atoms with Gasteiger partial charge in [-0.05, 0) is 30.9 Å². The maximum absolute atomic E-state index is 2.30. The van der Waals surface area contributed by atoms with Crippen molar-refractivity contribution in [3.63, 3.8) is 0 Å². The lowest BCUT2D eigenvalue weighted by atomic mass is 10.2. The van der Waals surface area contributed by atoms with Crippen LogP contribution in [0.3, 0.4) is 0 Å². The summed E-state index contributed by atoms with van der Waals surface area (Å²) in [4.78, 5) is 0. The lowest BCUT2D eigenvalue weighted by Gasteiger charge is -2.01. The zero-order valence-electron chi connectivity index (χ0n) is 12.0. The fraction of sp³-hybridized carbons (Fsp3) is 0.688. The lowest BCUT2D eigenvalue weighted by Crippen LogP contribution is -2.33. The summed E-state index contributed by atoms with van der Waals surface area (Å²) >= 11 is 2.12. The highest BCUT2D eigenvalue weighted by molar-refractivity contribution is 7.99. The van der Waals surface area contributed by atoms with Crippen molar-refractivity contribution in [1.82, 2.24) is 0 Å². The first-order valence-corrected chi connectivity index (χ1v) is 8.52. The number of hydrogen-bond donors (Lipinski definition) is 0. The van der Waals surface area contributed by atoms with Crippen LogP contribution < -0.4 is 4.57 Å². The van der Waals surface area contributed by atoms with Gasteiger partial charge in [0.15, 0.2) is 12.4 Å². The zero-order valence-corrected chi connectivity index (χ0v) is 12.8. The van der Waals surface area contributed by atoms with E-state index in [1.54, 1.807) is 0 Å². The van der Waals surface area contributed by atoms with Crippen molar-refractivity contribution in [2.75, 3.05) is 11.5 Å². The van der Waals surface area contributed by atoms with Gasteiger partial charge in [0.2, 0.25) is 0 Å². The molecule has 0 fully saturated rings. The van der Waals surface area contributed by atoms with Crippen molar-refractivity contribution >= 4 is 11.8 Å². The molecule has 1 aromatic rings. The van der Waals surface area contributed by atoms with E-state index >= 15 is 0 Å². The average Bonchev–Trinajstić information content (AvgIpc) is 2.37. The molecule has 0 saturated heterocycles. The molecule has 0 saturated carbocycles. The Labute approximate surface area is 117 Å². The van der Waals surface area contributed by atoms with Gasteiger partial charge in [0, 0.05) is 18.1 Å². The Morgan fingerprint density at radius 3 is 2.61 bits per heavy atom. The van der Waals surface area contributed by atoms with Crippen molar-refractivity contribution in [3.05, 3.63) is 30.1 Å². The van der Waals surface area contributed by atoms with E-state index in [2.05, 4.69) is 54.7 Å². The van der Waals surface area contributed by atoms with Gasteiger partial charge in [0.05, 0.1) is 0 Å². The number of hydrogen-bond acceptors (Lipinski definition) is 1. The van der Waals surface area contributed by atoms with Gasteiger partial charge in [-0.3, -0.25) is 0 Å². The van der Waals surface area contributed by atoms with Crippen molar-refractivity contribution < 1.29 is 4.57 Å². The third kappa shape index (κ3) is 7.75. The first-order valence-electron chi connectivity index (χ1n) is 7.36. The molecule has 0 spiro atoms. The summed E-state index contributed by atoms with van der Waals surface area (Å²) in [5.41, 5.74) is 1.35. The van der Waals surface area contributed by atoms with Gasteiger partial charge in [-0.25, -0.2) is 4.57 Å². The lowest BCUT2D eigenvalue weighted by molar-refractivity contribution is -0.697. The number of nitrogens with zero attached hydrogens (tertiary/aromatic N) is 1. The first kappa shape index (κ1) is 15.6. The SMILES string of the molecule is CCCCCCCSCCC[n+]1cccc(C)c1. The molecule has 0 atom stereocenters. The molecule has 0 unspecified atom stereocenters. The molecule has 0 aromatic carbocycles. The van der Waals surface area contributed by atoms with Crippen LogP contribution in [0, 0.1) is 6.92 Å². The average molecular weight is 266 g/mol. The molecular formula is C16H28NS+. The quantitative estimate of drug-likeness (QED) is 0.449. The normalized spacial score (nSPS) is 10.8. The molecule has 0 bridgehead atoms. The van der Waals surface area contributed by atoms with Gasteiger partial charge in [-0.1, -0.05) is 32.6 Å². The van der Waals surface area contributed by atoms with E-state index in [1.807, 2.05) is 0 Å². The van der Waals surface area contributed by atoms with Gasteiger partial charge in [-0.2, -0.15) is 11.8 Å². The highest BCUT2D eigenvalue weighted by atomic mass is 32.2. The molecule has 0 aliphatic heterocycles.